The summed E-state index contributed by atoms with van der Waals surface area (Å²) < 4.78 is 5.72. The molecule has 0 heterocycles. The number of hydrogen-bond acceptors (Lipinski definition) is 2. The summed E-state index contributed by atoms with van der Waals surface area (Å²) in [6.07, 6.45) is 1.50. The van der Waals surface area contributed by atoms with Crippen LogP contribution < -0.4 is 0 Å². The Hall–Kier alpha value is -2.09. The van der Waals surface area contributed by atoms with Gasteiger partial charge in [0.15, 0.2) is 0 Å². The third-order valence-electron chi connectivity index (χ3n) is 4.96. The summed E-state index contributed by atoms with van der Waals surface area (Å²) in [5.74, 6) is 0.633. The summed E-state index contributed by atoms with van der Waals surface area (Å²) >= 11 is 0. The van der Waals surface area contributed by atoms with Gasteiger partial charge in [0.2, 0.25) is 0 Å². The zero-order chi connectivity index (χ0) is 18.0. The number of hydrogen-bond donors (Lipinski definition) is 0. The van der Waals surface area contributed by atoms with Crippen LogP contribution in [0, 0.1) is 11.3 Å². The number of carbonyl (C=O) groups excluding carboxylic acids is 1. The number of ether oxygens (including phenoxy) is 1. The Balaban J connectivity index is 1.70. The van der Waals surface area contributed by atoms with Crippen LogP contribution in [-0.2, 0) is 9.53 Å². The van der Waals surface area contributed by atoms with Gasteiger partial charge in [-0.3, -0.25) is 4.79 Å². The van der Waals surface area contributed by atoms with Crippen molar-refractivity contribution in [3.05, 3.63) is 59.7 Å². The van der Waals surface area contributed by atoms with Crippen molar-refractivity contribution in [1.82, 2.24) is 0 Å². The average Bonchev–Trinajstić information content (AvgIpc) is 2.85. The first-order chi connectivity index (χ1) is 11.9. The van der Waals surface area contributed by atoms with Crippen molar-refractivity contribution in [1.29, 1.82) is 0 Å². The quantitative estimate of drug-likeness (QED) is 0.623. The molecule has 2 heteroatoms. The van der Waals surface area contributed by atoms with Gasteiger partial charge >= 0.3 is 5.97 Å². The molecule has 0 saturated carbocycles. The Labute approximate surface area is 151 Å². The topological polar surface area (TPSA) is 26.3 Å². The average molecular weight is 336 g/mol. The molecule has 25 heavy (non-hydrogen) atoms. The van der Waals surface area contributed by atoms with Gasteiger partial charge in [0.25, 0.3) is 0 Å². The second-order valence-electron chi connectivity index (χ2n) is 8.35. The fourth-order valence-electron chi connectivity index (χ4n) is 4.23. The van der Waals surface area contributed by atoms with Crippen LogP contribution in [0.3, 0.4) is 0 Å². The molecule has 0 amide bonds. The van der Waals surface area contributed by atoms with Gasteiger partial charge in [-0.1, -0.05) is 76.2 Å². The predicted octanol–water partition coefficient (Wildman–Crippen LogP) is 5.80. The maximum atomic E-state index is 12.4. The second kappa shape index (κ2) is 7.03. The summed E-state index contributed by atoms with van der Waals surface area (Å²) in [6, 6.07) is 16.9. The Kier molecular flexibility index (Phi) is 4.99. The molecule has 0 saturated heterocycles. The van der Waals surface area contributed by atoms with Gasteiger partial charge in [0.05, 0.1) is 6.42 Å². The molecule has 132 valence electrons. The van der Waals surface area contributed by atoms with E-state index in [9.17, 15) is 4.79 Å². The Bertz CT molecular complexity index is 713. The van der Waals surface area contributed by atoms with Crippen molar-refractivity contribution < 1.29 is 9.53 Å². The molecular weight excluding hydrogens is 308 g/mol. The molecule has 0 spiro atoms. The van der Waals surface area contributed by atoms with E-state index in [1.165, 1.54) is 22.3 Å². The highest BCUT2D eigenvalue weighted by atomic mass is 16.5. The van der Waals surface area contributed by atoms with Gasteiger partial charge < -0.3 is 4.74 Å². The lowest BCUT2D eigenvalue weighted by Gasteiger charge is -2.26. The SMILES string of the molecule is CC(C)CC(C)(C)CC(=O)OCC1c2ccccc2-c2ccccc21. The highest BCUT2D eigenvalue weighted by Crippen LogP contribution is 2.44. The molecule has 2 nitrogen and oxygen atoms in total. The molecule has 3 rings (SSSR count). The Morgan fingerprint density at radius 1 is 1.00 bits per heavy atom. The van der Waals surface area contributed by atoms with Crippen LogP contribution in [0.5, 0.6) is 0 Å². The van der Waals surface area contributed by atoms with Gasteiger partial charge in [-0.05, 0) is 40.0 Å². The molecule has 0 bridgehead atoms. The molecule has 1 aliphatic rings. The van der Waals surface area contributed by atoms with Crippen molar-refractivity contribution in [2.75, 3.05) is 6.61 Å². The van der Waals surface area contributed by atoms with Gasteiger partial charge in [-0.25, -0.2) is 0 Å². The van der Waals surface area contributed by atoms with E-state index in [0.717, 1.165) is 6.42 Å². The fraction of sp³-hybridized carbons (Fsp3) is 0.435. The molecule has 2 aromatic rings. The summed E-state index contributed by atoms with van der Waals surface area (Å²) in [5, 5.41) is 0. The molecule has 0 unspecified atom stereocenters. The normalized spacial score (nSPS) is 13.6. The van der Waals surface area contributed by atoms with Gasteiger partial charge in [-0.15, -0.1) is 0 Å². The van der Waals surface area contributed by atoms with E-state index < -0.39 is 0 Å². The first-order valence-electron chi connectivity index (χ1n) is 9.21. The fourth-order valence-corrected chi connectivity index (χ4v) is 4.23. The van der Waals surface area contributed by atoms with Crippen LogP contribution in [-0.4, -0.2) is 12.6 Å². The zero-order valence-corrected chi connectivity index (χ0v) is 15.7. The number of fused-ring (bicyclic) bond motifs is 3. The highest BCUT2D eigenvalue weighted by Gasteiger charge is 2.30. The van der Waals surface area contributed by atoms with Crippen LogP contribution in [0.1, 0.15) is 57.6 Å². The number of rotatable bonds is 6. The smallest absolute Gasteiger partial charge is 0.306 e. The monoisotopic (exact) mass is 336 g/mol. The lowest BCUT2D eigenvalue weighted by Crippen LogP contribution is -2.22. The van der Waals surface area contributed by atoms with Gasteiger partial charge in [0.1, 0.15) is 6.61 Å². The predicted molar refractivity (Wildman–Crippen MR) is 103 cm³/mol. The van der Waals surface area contributed by atoms with E-state index in [0.29, 0.717) is 18.9 Å². The number of esters is 1. The van der Waals surface area contributed by atoms with Gasteiger partial charge in [0, 0.05) is 5.92 Å². The summed E-state index contributed by atoms with van der Waals surface area (Å²) in [6.45, 7) is 9.10. The summed E-state index contributed by atoms with van der Waals surface area (Å²) in [5.41, 5.74) is 5.03. The van der Waals surface area contributed by atoms with E-state index >= 15 is 0 Å². The van der Waals surface area contributed by atoms with E-state index in [-0.39, 0.29) is 17.3 Å². The second-order valence-corrected chi connectivity index (χ2v) is 8.35. The minimum Gasteiger partial charge on any atom is -0.465 e. The standard InChI is InChI=1S/C23H28O2/c1-16(2)13-23(3,4)14-22(24)25-15-21-19-11-7-5-9-17(19)18-10-6-8-12-20(18)21/h5-12,16,21H,13-15H2,1-4H3. The summed E-state index contributed by atoms with van der Waals surface area (Å²) in [4.78, 5) is 12.4. The van der Waals surface area contributed by atoms with Gasteiger partial charge in [-0.2, -0.15) is 0 Å². The lowest BCUT2D eigenvalue weighted by molar-refractivity contribution is -0.146. The van der Waals surface area contributed by atoms with Crippen molar-refractivity contribution in [2.45, 2.75) is 46.5 Å². The third kappa shape index (κ3) is 3.95. The first kappa shape index (κ1) is 17.7. The maximum Gasteiger partial charge on any atom is 0.306 e. The molecular formula is C23H28O2. The maximum absolute atomic E-state index is 12.4. The Morgan fingerprint density at radius 2 is 1.52 bits per heavy atom. The molecule has 1 aliphatic carbocycles. The van der Waals surface area contributed by atoms with Crippen LogP contribution in [0.2, 0.25) is 0 Å². The molecule has 0 aromatic heterocycles. The van der Waals surface area contributed by atoms with Crippen LogP contribution in [0.25, 0.3) is 11.1 Å². The molecule has 0 fully saturated rings. The van der Waals surface area contributed by atoms with Crippen molar-refractivity contribution >= 4 is 5.97 Å². The third-order valence-corrected chi connectivity index (χ3v) is 4.96. The molecule has 0 N–H and O–H groups in total. The van der Waals surface area contributed by atoms with E-state index in [1.807, 2.05) is 0 Å². The van der Waals surface area contributed by atoms with Crippen molar-refractivity contribution in [3.63, 3.8) is 0 Å². The van der Waals surface area contributed by atoms with E-state index in [4.69, 9.17) is 4.74 Å². The molecule has 0 atom stereocenters. The van der Waals surface area contributed by atoms with Crippen LogP contribution >= 0.6 is 0 Å². The van der Waals surface area contributed by atoms with Crippen LogP contribution in [0.15, 0.2) is 48.5 Å². The minimum atomic E-state index is -0.0903. The Morgan fingerprint density at radius 3 is 2.04 bits per heavy atom. The van der Waals surface area contributed by atoms with E-state index in [1.54, 1.807) is 0 Å². The minimum absolute atomic E-state index is 0.0171. The molecule has 2 aromatic carbocycles. The van der Waals surface area contributed by atoms with E-state index in [2.05, 4.69) is 76.2 Å². The van der Waals surface area contributed by atoms with Crippen molar-refractivity contribution in [2.24, 2.45) is 11.3 Å². The first-order valence-corrected chi connectivity index (χ1v) is 9.21. The largest absolute Gasteiger partial charge is 0.465 e. The van der Waals surface area contributed by atoms with Crippen molar-refractivity contribution in [3.8, 4) is 11.1 Å². The number of carbonyl (C=O) groups is 1. The number of benzene rings is 2. The summed E-state index contributed by atoms with van der Waals surface area (Å²) in [7, 11) is 0. The van der Waals surface area contributed by atoms with Crippen LogP contribution in [0.4, 0.5) is 0 Å². The molecule has 0 aliphatic heterocycles. The molecule has 0 radical (unpaired) electrons. The lowest BCUT2D eigenvalue weighted by atomic mass is 9.81. The zero-order valence-electron chi connectivity index (χ0n) is 15.7. The highest BCUT2D eigenvalue weighted by molar-refractivity contribution is 5.79.